The summed E-state index contributed by atoms with van der Waals surface area (Å²) < 4.78 is 18.8. The molecule has 1 aromatic carbocycles. The normalized spacial score (nSPS) is 15.7. The van der Waals surface area contributed by atoms with Gasteiger partial charge in [-0.15, -0.1) is 0 Å². The van der Waals surface area contributed by atoms with Crippen molar-refractivity contribution >= 4 is 23.3 Å². The second kappa shape index (κ2) is 6.06. The van der Waals surface area contributed by atoms with E-state index in [2.05, 4.69) is 0 Å². The van der Waals surface area contributed by atoms with Crippen molar-refractivity contribution in [3.8, 4) is 0 Å². The molecule has 1 aliphatic heterocycles. The first kappa shape index (κ1) is 15.8. The summed E-state index contributed by atoms with van der Waals surface area (Å²) in [5.41, 5.74) is 1.33. The average Bonchev–Trinajstić information content (AvgIpc) is 2.40. The maximum Gasteiger partial charge on any atom is 0.410 e. The highest BCUT2D eigenvalue weighted by molar-refractivity contribution is 6.30. The lowest BCUT2D eigenvalue weighted by atomic mass is 9.99. The molecule has 0 radical (unpaired) electrons. The molecule has 1 aliphatic rings. The predicted molar refractivity (Wildman–Crippen MR) is 81.8 cm³/mol. The fourth-order valence-corrected chi connectivity index (χ4v) is 2.24. The lowest BCUT2D eigenvalue weighted by Crippen LogP contribution is -2.39. The molecule has 0 aliphatic carbocycles. The van der Waals surface area contributed by atoms with Crippen molar-refractivity contribution in [1.29, 1.82) is 0 Å². The number of hydrogen-bond donors (Lipinski definition) is 0. The molecule has 3 nitrogen and oxygen atoms in total. The number of rotatable bonds is 1. The van der Waals surface area contributed by atoms with Crippen LogP contribution >= 0.6 is 11.6 Å². The number of nitrogens with zero attached hydrogens (tertiary/aromatic N) is 1. The number of carbonyl (C=O) groups is 1. The monoisotopic (exact) mass is 311 g/mol. The Morgan fingerprint density at radius 2 is 2.10 bits per heavy atom. The van der Waals surface area contributed by atoms with Crippen molar-refractivity contribution < 1.29 is 13.9 Å². The van der Waals surface area contributed by atoms with Crippen LogP contribution in [0.15, 0.2) is 24.3 Å². The van der Waals surface area contributed by atoms with Crippen molar-refractivity contribution in [1.82, 2.24) is 4.90 Å². The molecule has 1 amide bonds. The van der Waals surface area contributed by atoms with Crippen LogP contribution in [0.3, 0.4) is 0 Å². The minimum atomic E-state index is -0.500. The van der Waals surface area contributed by atoms with Gasteiger partial charge in [0.2, 0.25) is 0 Å². The number of benzene rings is 1. The van der Waals surface area contributed by atoms with E-state index >= 15 is 0 Å². The lowest BCUT2D eigenvalue weighted by molar-refractivity contribution is 0.0270. The summed E-state index contributed by atoms with van der Waals surface area (Å²) in [5, 5.41) is 0.116. The molecule has 114 valence electrons. The minimum absolute atomic E-state index is 0.116. The van der Waals surface area contributed by atoms with Gasteiger partial charge in [0.25, 0.3) is 0 Å². The van der Waals surface area contributed by atoms with Crippen LogP contribution in [0.25, 0.3) is 5.57 Å². The number of hydrogen-bond acceptors (Lipinski definition) is 2. The van der Waals surface area contributed by atoms with Crippen LogP contribution in [0, 0.1) is 5.82 Å². The van der Waals surface area contributed by atoms with Crippen molar-refractivity contribution in [2.75, 3.05) is 13.1 Å². The van der Waals surface area contributed by atoms with Crippen molar-refractivity contribution in [3.05, 3.63) is 40.7 Å². The summed E-state index contributed by atoms with van der Waals surface area (Å²) >= 11 is 5.68. The maximum absolute atomic E-state index is 13.5. The molecule has 0 spiro atoms. The molecule has 21 heavy (non-hydrogen) atoms. The van der Waals surface area contributed by atoms with Crippen LogP contribution in [0.5, 0.6) is 0 Å². The molecule has 0 atom stereocenters. The van der Waals surface area contributed by atoms with Gasteiger partial charge < -0.3 is 9.64 Å². The summed E-state index contributed by atoms with van der Waals surface area (Å²) in [4.78, 5) is 13.6. The van der Waals surface area contributed by atoms with Gasteiger partial charge in [0, 0.05) is 13.1 Å². The fraction of sp³-hybridized carbons (Fsp3) is 0.438. The van der Waals surface area contributed by atoms with E-state index in [1.165, 1.54) is 6.07 Å². The van der Waals surface area contributed by atoms with Crippen LogP contribution in [0.1, 0.15) is 32.8 Å². The number of carbonyl (C=O) groups excluding carboxylic acids is 1. The summed E-state index contributed by atoms with van der Waals surface area (Å²) in [6, 6.07) is 4.77. The quantitative estimate of drug-likeness (QED) is 0.764. The number of amides is 1. The summed E-state index contributed by atoms with van der Waals surface area (Å²) in [6.07, 6.45) is 2.27. The zero-order valence-corrected chi connectivity index (χ0v) is 13.2. The summed E-state index contributed by atoms with van der Waals surface area (Å²) in [5.74, 6) is -0.426. The van der Waals surface area contributed by atoms with Gasteiger partial charge in [0.15, 0.2) is 0 Å². The summed E-state index contributed by atoms with van der Waals surface area (Å²) in [7, 11) is 0. The molecular formula is C16H19ClFNO2. The van der Waals surface area contributed by atoms with Gasteiger partial charge in [-0.1, -0.05) is 23.7 Å². The molecule has 5 heteroatoms. The summed E-state index contributed by atoms with van der Waals surface area (Å²) in [6.45, 7) is 6.55. The number of halogens is 2. The molecule has 1 heterocycles. The zero-order valence-electron chi connectivity index (χ0n) is 12.5. The van der Waals surface area contributed by atoms with Gasteiger partial charge in [-0.2, -0.15) is 0 Å². The van der Waals surface area contributed by atoms with E-state index in [1.54, 1.807) is 17.0 Å². The molecule has 2 rings (SSSR count). The van der Waals surface area contributed by atoms with Crippen LogP contribution in [-0.2, 0) is 4.74 Å². The van der Waals surface area contributed by atoms with Crippen molar-refractivity contribution in [2.45, 2.75) is 32.8 Å². The standard InChI is InChI=1S/C16H19ClFNO2/c1-16(2,3)21-15(20)19-8-6-11(7-9-19)12-4-5-13(17)14(18)10-12/h4-6,10H,7-9H2,1-3H3. The average molecular weight is 312 g/mol. The molecule has 0 saturated carbocycles. The SMILES string of the molecule is CC(C)(C)OC(=O)N1CC=C(c2ccc(Cl)c(F)c2)CC1. The third-order valence-electron chi connectivity index (χ3n) is 3.15. The van der Waals surface area contributed by atoms with E-state index in [9.17, 15) is 9.18 Å². The predicted octanol–water partition coefficient (Wildman–Crippen LogP) is 4.50. The number of ether oxygens (including phenoxy) is 1. The smallest absolute Gasteiger partial charge is 0.410 e. The van der Waals surface area contributed by atoms with Gasteiger partial charge in [-0.05, 0) is 50.5 Å². The van der Waals surface area contributed by atoms with Gasteiger partial charge in [-0.25, -0.2) is 9.18 Å². The highest BCUT2D eigenvalue weighted by atomic mass is 35.5. The molecule has 0 fully saturated rings. The first-order valence-electron chi connectivity index (χ1n) is 6.88. The Bertz CT molecular complexity index is 578. The Hall–Kier alpha value is -1.55. The molecule has 0 aromatic heterocycles. The second-order valence-corrected chi connectivity index (χ2v) is 6.44. The Morgan fingerprint density at radius 3 is 2.62 bits per heavy atom. The molecule has 0 saturated heterocycles. The minimum Gasteiger partial charge on any atom is -0.444 e. The molecule has 0 N–H and O–H groups in total. The molecule has 0 unspecified atom stereocenters. The van der Waals surface area contributed by atoms with E-state index in [-0.39, 0.29) is 11.1 Å². The molecule has 1 aromatic rings. The van der Waals surface area contributed by atoms with Crippen molar-refractivity contribution in [3.63, 3.8) is 0 Å². The van der Waals surface area contributed by atoms with Gasteiger partial charge in [0.1, 0.15) is 11.4 Å². The van der Waals surface area contributed by atoms with Crippen LogP contribution in [0.4, 0.5) is 9.18 Å². The first-order chi connectivity index (χ1) is 9.76. The first-order valence-corrected chi connectivity index (χ1v) is 7.26. The third-order valence-corrected chi connectivity index (χ3v) is 3.46. The largest absolute Gasteiger partial charge is 0.444 e. The molecular weight excluding hydrogens is 293 g/mol. The van der Waals surface area contributed by atoms with E-state index in [0.29, 0.717) is 19.5 Å². The highest BCUT2D eigenvalue weighted by Gasteiger charge is 2.23. The Kier molecular flexibility index (Phi) is 4.57. The third kappa shape index (κ3) is 4.21. The zero-order chi connectivity index (χ0) is 15.6. The Labute approximate surface area is 129 Å². The Balaban J connectivity index is 2.05. The van der Waals surface area contributed by atoms with Crippen LogP contribution in [0.2, 0.25) is 5.02 Å². The molecule has 0 bridgehead atoms. The Morgan fingerprint density at radius 1 is 1.38 bits per heavy atom. The van der Waals surface area contributed by atoms with Gasteiger partial charge in [-0.3, -0.25) is 0 Å². The van der Waals surface area contributed by atoms with Crippen molar-refractivity contribution in [2.24, 2.45) is 0 Å². The van der Waals surface area contributed by atoms with E-state index in [1.807, 2.05) is 26.8 Å². The van der Waals surface area contributed by atoms with E-state index < -0.39 is 11.4 Å². The second-order valence-electron chi connectivity index (χ2n) is 6.03. The fourth-order valence-electron chi connectivity index (χ4n) is 2.12. The maximum atomic E-state index is 13.5. The topological polar surface area (TPSA) is 29.5 Å². The van der Waals surface area contributed by atoms with Crippen LogP contribution < -0.4 is 0 Å². The van der Waals surface area contributed by atoms with Crippen LogP contribution in [-0.4, -0.2) is 29.7 Å². The van der Waals surface area contributed by atoms with E-state index in [4.69, 9.17) is 16.3 Å². The highest BCUT2D eigenvalue weighted by Crippen LogP contribution is 2.26. The lowest BCUT2D eigenvalue weighted by Gasteiger charge is -2.29. The van der Waals surface area contributed by atoms with Gasteiger partial charge >= 0.3 is 6.09 Å². The van der Waals surface area contributed by atoms with E-state index in [0.717, 1.165) is 11.1 Å². The van der Waals surface area contributed by atoms with Gasteiger partial charge in [0.05, 0.1) is 5.02 Å².